The normalized spacial score (nSPS) is 14.4. The summed E-state index contributed by atoms with van der Waals surface area (Å²) >= 11 is 1.39. The molecule has 0 saturated carbocycles. The number of carbonyl (C=O) groups excluding carboxylic acids is 2. The van der Waals surface area contributed by atoms with Crippen LogP contribution >= 0.6 is 11.3 Å². The number of pyridine rings is 1. The first kappa shape index (κ1) is 33.9. The van der Waals surface area contributed by atoms with Gasteiger partial charge in [0.05, 0.1) is 22.2 Å². The third-order valence-corrected chi connectivity index (χ3v) is 9.64. The summed E-state index contributed by atoms with van der Waals surface area (Å²) in [5.74, 6) is -0.189. The minimum Gasteiger partial charge on any atom is -0.506 e. The molecular formula is C37H39N5O6S. The number of fused-ring (bicyclic) bond motifs is 1. The molecule has 5 aromatic rings. The maximum atomic E-state index is 12.8. The Hall–Kier alpha value is -5.01. The fraction of sp³-hybridized carbons (Fsp3) is 0.270. The van der Waals surface area contributed by atoms with Gasteiger partial charge in [0.15, 0.2) is 0 Å². The smallest absolute Gasteiger partial charge is 0.411 e. The molecular weight excluding hydrogens is 643 g/mol. The molecule has 1 aliphatic rings. The number of ether oxygens (including phenoxy) is 1. The van der Waals surface area contributed by atoms with Gasteiger partial charge in [-0.05, 0) is 54.3 Å². The molecule has 1 saturated heterocycles. The number of nitrogens with one attached hydrogen (secondary N) is 4. The third kappa shape index (κ3) is 8.72. The number of thiophene rings is 1. The highest BCUT2D eigenvalue weighted by Crippen LogP contribution is 2.29. The Balaban J connectivity index is 0.889. The van der Waals surface area contributed by atoms with Crippen LogP contribution in [-0.4, -0.2) is 70.9 Å². The number of carbonyl (C=O) groups is 2. The molecule has 3 aromatic carbocycles. The van der Waals surface area contributed by atoms with Gasteiger partial charge in [-0.1, -0.05) is 54.6 Å². The SMILES string of the molecule is O=C(Nc1ccccc1-c1ccccc1)OC1CCN(CCNC(=O)c2ccc(CNCC(O)c3ccc(O)c4[nH]c(=O)ccc34)s2)CC1. The van der Waals surface area contributed by atoms with Crippen molar-refractivity contribution in [3.8, 4) is 16.9 Å². The number of aliphatic hydroxyl groups excluding tert-OH is 1. The van der Waals surface area contributed by atoms with Crippen molar-refractivity contribution in [2.75, 3.05) is 38.0 Å². The molecule has 1 atom stereocenters. The molecule has 0 radical (unpaired) electrons. The van der Waals surface area contributed by atoms with Crippen LogP contribution in [0.25, 0.3) is 22.0 Å². The number of hydrogen-bond acceptors (Lipinski definition) is 9. The highest BCUT2D eigenvalue weighted by Gasteiger charge is 2.23. The van der Waals surface area contributed by atoms with Crippen LogP contribution in [0.1, 0.15) is 39.1 Å². The number of aromatic nitrogens is 1. The van der Waals surface area contributed by atoms with Crippen molar-refractivity contribution in [3.63, 3.8) is 0 Å². The number of nitrogens with zero attached hydrogens (tertiary/aromatic N) is 1. The van der Waals surface area contributed by atoms with E-state index in [-0.39, 0.29) is 35.4 Å². The summed E-state index contributed by atoms with van der Waals surface area (Å²) in [4.78, 5) is 43.6. The molecule has 1 aliphatic heterocycles. The molecule has 0 aliphatic carbocycles. The number of anilines is 1. The standard InChI is InChI=1S/C37H39N5O6S/c43-31-13-11-28(29-12-15-34(45)41-35(29)31)32(44)23-38-22-26-10-14-33(49-26)36(46)39-18-21-42-19-16-25(17-20-42)48-37(47)40-30-9-5-4-8-27(30)24-6-2-1-3-7-24/h1-15,25,32,38,43-44H,16-23H2,(H,39,46)(H,40,47)(H,41,45). The van der Waals surface area contributed by atoms with E-state index < -0.39 is 12.2 Å². The average Bonchev–Trinajstić information content (AvgIpc) is 3.59. The topological polar surface area (TPSA) is 156 Å². The third-order valence-electron chi connectivity index (χ3n) is 8.56. The van der Waals surface area contributed by atoms with E-state index in [1.165, 1.54) is 23.5 Å². The largest absolute Gasteiger partial charge is 0.506 e. The number of benzene rings is 3. The van der Waals surface area contributed by atoms with Gasteiger partial charge in [-0.2, -0.15) is 0 Å². The number of H-pyrrole nitrogens is 1. The zero-order chi connectivity index (χ0) is 34.2. The van der Waals surface area contributed by atoms with Crippen LogP contribution in [0.15, 0.2) is 95.8 Å². The minimum atomic E-state index is -0.868. The van der Waals surface area contributed by atoms with E-state index in [0.29, 0.717) is 41.1 Å². The Labute approximate surface area is 287 Å². The fourth-order valence-electron chi connectivity index (χ4n) is 6.00. The Morgan fingerprint density at radius 2 is 1.73 bits per heavy atom. The van der Waals surface area contributed by atoms with Crippen LogP contribution in [0.4, 0.5) is 10.5 Å². The zero-order valence-electron chi connectivity index (χ0n) is 26.9. The number of rotatable bonds is 12. The van der Waals surface area contributed by atoms with Gasteiger partial charge >= 0.3 is 6.09 Å². The van der Waals surface area contributed by atoms with Crippen molar-refractivity contribution in [2.45, 2.75) is 31.6 Å². The number of para-hydroxylation sites is 1. The van der Waals surface area contributed by atoms with Crippen molar-refractivity contribution in [1.29, 1.82) is 0 Å². The Kier molecular flexibility index (Phi) is 11.0. The number of aromatic amines is 1. The lowest BCUT2D eigenvalue weighted by Gasteiger charge is -2.31. The van der Waals surface area contributed by atoms with E-state index in [9.17, 15) is 24.6 Å². The highest BCUT2D eigenvalue weighted by molar-refractivity contribution is 7.14. The lowest BCUT2D eigenvalue weighted by molar-refractivity contribution is 0.0587. The van der Waals surface area contributed by atoms with Gasteiger partial charge in [0.1, 0.15) is 11.9 Å². The molecule has 11 nitrogen and oxygen atoms in total. The van der Waals surface area contributed by atoms with E-state index >= 15 is 0 Å². The number of aliphatic hydroxyl groups is 1. The second-order valence-electron chi connectivity index (χ2n) is 11.9. The monoisotopic (exact) mass is 681 g/mol. The van der Waals surface area contributed by atoms with Crippen LogP contribution in [-0.2, 0) is 11.3 Å². The molecule has 254 valence electrons. The van der Waals surface area contributed by atoms with Crippen LogP contribution in [0.2, 0.25) is 0 Å². The van der Waals surface area contributed by atoms with Gasteiger partial charge in [0, 0.05) is 61.2 Å². The van der Waals surface area contributed by atoms with E-state index in [2.05, 4.69) is 25.8 Å². The summed E-state index contributed by atoms with van der Waals surface area (Å²) in [5.41, 5.74) is 3.21. The number of phenolic OH excluding ortho intramolecular Hbond substituents is 1. The van der Waals surface area contributed by atoms with Crippen LogP contribution in [0, 0.1) is 0 Å². The minimum absolute atomic E-state index is 0.0566. The Bertz CT molecular complexity index is 1950. The first-order valence-corrected chi connectivity index (χ1v) is 17.1. The zero-order valence-corrected chi connectivity index (χ0v) is 27.7. The molecule has 1 fully saturated rings. The summed E-state index contributed by atoms with van der Waals surface area (Å²) < 4.78 is 5.74. The van der Waals surface area contributed by atoms with Gasteiger partial charge in [0.25, 0.3) is 5.91 Å². The summed E-state index contributed by atoms with van der Waals surface area (Å²) in [7, 11) is 0. The van der Waals surface area contributed by atoms with Gasteiger partial charge in [-0.3, -0.25) is 14.9 Å². The van der Waals surface area contributed by atoms with Crippen LogP contribution in [0.3, 0.4) is 0 Å². The predicted octanol–water partition coefficient (Wildman–Crippen LogP) is 5.23. The molecule has 0 bridgehead atoms. The summed E-state index contributed by atoms with van der Waals surface area (Å²) in [6.07, 6.45) is -0.0476. The second-order valence-corrected chi connectivity index (χ2v) is 13.1. The van der Waals surface area contributed by atoms with Crippen molar-refractivity contribution >= 4 is 39.9 Å². The van der Waals surface area contributed by atoms with Gasteiger partial charge in [-0.15, -0.1) is 11.3 Å². The number of aromatic hydroxyl groups is 1. The van der Waals surface area contributed by atoms with E-state index in [4.69, 9.17) is 4.74 Å². The number of amides is 2. The lowest BCUT2D eigenvalue weighted by Crippen LogP contribution is -2.42. The van der Waals surface area contributed by atoms with Crippen LogP contribution < -0.4 is 21.5 Å². The van der Waals surface area contributed by atoms with E-state index in [1.54, 1.807) is 18.2 Å². The molecule has 1 unspecified atom stereocenters. The highest BCUT2D eigenvalue weighted by atomic mass is 32.1. The van der Waals surface area contributed by atoms with Gasteiger partial charge in [-0.25, -0.2) is 4.79 Å². The van der Waals surface area contributed by atoms with Gasteiger partial charge < -0.3 is 35.5 Å². The maximum absolute atomic E-state index is 12.8. The second kappa shape index (κ2) is 15.9. The maximum Gasteiger partial charge on any atom is 0.411 e. The molecule has 0 spiro atoms. The average molecular weight is 682 g/mol. The number of phenols is 1. The number of likely N-dealkylation sites (tertiary alicyclic amines) is 1. The molecule has 3 heterocycles. The molecule has 2 aromatic heterocycles. The first-order chi connectivity index (χ1) is 23.8. The van der Waals surface area contributed by atoms with Crippen molar-refractivity contribution in [3.05, 3.63) is 117 Å². The fourth-order valence-corrected chi connectivity index (χ4v) is 6.90. The molecule has 49 heavy (non-hydrogen) atoms. The molecule has 12 heteroatoms. The Morgan fingerprint density at radius 1 is 0.959 bits per heavy atom. The first-order valence-electron chi connectivity index (χ1n) is 16.3. The van der Waals surface area contributed by atoms with E-state index in [0.717, 1.165) is 41.9 Å². The summed E-state index contributed by atoms with van der Waals surface area (Å²) in [6.45, 7) is 3.46. The number of hydrogen-bond donors (Lipinski definition) is 6. The molecule has 2 amide bonds. The Morgan fingerprint density at radius 3 is 2.55 bits per heavy atom. The van der Waals surface area contributed by atoms with Gasteiger partial charge in [0.2, 0.25) is 5.56 Å². The van der Waals surface area contributed by atoms with Crippen molar-refractivity contribution in [1.82, 2.24) is 20.5 Å². The van der Waals surface area contributed by atoms with E-state index in [1.807, 2.05) is 60.7 Å². The molecule has 6 rings (SSSR count). The van der Waals surface area contributed by atoms with Crippen molar-refractivity contribution in [2.24, 2.45) is 0 Å². The predicted molar refractivity (Wildman–Crippen MR) is 191 cm³/mol. The lowest BCUT2D eigenvalue weighted by atomic mass is 10.0. The molecule has 6 N–H and O–H groups in total. The summed E-state index contributed by atoms with van der Waals surface area (Å²) in [6, 6.07) is 27.3. The summed E-state index contributed by atoms with van der Waals surface area (Å²) in [5, 5.41) is 30.6. The number of piperidine rings is 1. The van der Waals surface area contributed by atoms with Crippen molar-refractivity contribution < 1.29 is 24.5 Å². The quantitative estimate of drug-likeness (QED) is 0.105. The van der Waals surface area contributed by atoms with Crippen LogP contribution in [0.5, 0.6) is 5.75 Å².